The third-order valence-electron chi connectivity index (χ3n) is 2.59. The number of amides is 1. The van der Waals surface area contributed by atoms with Gasteiger partial charge >= 0.3 is 0 Å². The molecule has 0 aliphatic heterocycles. The zero-order chi connectivity index (χ0) is 14.0. The smallest absolute Gasteiger partial charge is 0.278 e. The second-order valence-electron chi connectivity index (χ2n) is 4.19. The highest BCUT2D eigenvalue weighted by Gasteiger charge is 2.17. The molecule has 0 aliphatic carbocycles. The Balaban J connectivity index is 2.28. The molecule has 0 fully saturated rings. The fourth-order valence-electron chi connectivity index (χ4n) is 1.83. The van der Waals surface area contributed by atoms with Gasteiger partial charge in [0.25, 0.3) is 5.91 Å². The average molecular weight is 260 g/mol. The molecule has 0 radical (unpaired) electrons. The SMILES string of the molecule is CCn1ncc(N)c1C(=O)Nc1nc(C)cc(C)n1. The van der Waals surface area contributed by atoms with Crippen molar-refractivity contribution in [1.82, 2.24) is 19.7 Å². The monoisotopic (exact) mass is 260 g/mol. The van der Waals surface area contributed by atoms with Crippen molar-refractivity contribution >= 4 is 17.5 Å². The number of nitrogens with one attached hydrogen (secondary N) is 1. The van der Waals surface area contributed by atoms with Gasteiger partial charge in [0.15, 0.2) is 0 Å². The molecule has 0 spiro atoms. The highest BCUT2D eigenvalue weighted by molar-refractivity contribution is 6.05. The number of rotatable bonds is 3. The van der Waals surface area contributed by atoms with Gasteiger partial charge in [0.2, 0.25) is 5.95 Å². The molecule has 0 saturated carbocycles. The molecule has 2 aromatic heterocycles. The number of carbonyl (C=O) groups excluding carboxylic acids is 1. The third-order valence-corrected chi connectivity index (χ3v) is 2.59. The number of hydrogen-bond acceptors (Lipinski definition) is 5. The molecular formula is C12H16N6O. The first-order valence-corrected chi connectivity index (χ1v) is 5.96. The number of anilines is 2. The van der Waals surface area contributed by atoms with Crippen molar-refractivity contribution in [3.63, 3.8) is 0 Å². The van der Waals surface area contributed by atoms with Crippen LogP contribution in [0.3, 0.4) is 0 Å². The Morgan fingerprint density at radius 1 is 1.37 bits per heavy atom. The second-order valence-corrected chi connectivity index (χ2v) is 4.19. The minimum Gasteiger partial charge on any atom is -0.396 e. The van der Waals surface area contributed by atoms with Gasteiger partial charge in [0.1, 0.15) is 5.69 Å². The maximum absolute atomic E-state index is 12.2. The summed E-state index contributed by atoms with van der Waals surface area (Å²) in [6.45, 7) is 6.13. The summed E-state index contributed by atoms with van der Waals surface area (Å²) in [5.74, 6) is -0.0902. The average Bonchev–Trinajstić information content (AvgIpc) is 2.68. The lowest BCUT2D eigenvalue weighted by atomic mass is 10.3. The van der Waals surface area contributed by atoms with Crippen molar-refractivity contribution in [2.45, 2.75) is 27.3 Å². The lowest BCUT2D eigenvalue weighted by Crippen LogP contribution is -2.20. The van der Waals surface area contributed by atoms with E-state index in [4.69, 9.17) is 5.73 Å². The number of nitrogens with two attached hydrogens (primary N) is 1. The molecule has 2 aromatic rings. The molecule has 0 unspecified atom stereocenters. The minimum absolute atomic E-state index is 0.269. The van der Waals surface area contributed by atoms with Crippen LogP contribution in [0.4, 0.5) is 11.6 Å². The van der Waals surface area contributed by atoms with Crippen LogP contribution < -0.4 is 11.1 Å². The van der Waals surface area contributed by atoms with E-state index >= 15 is 0 Å². The molecule has 0 bridgehead atoms. The van der Waals surface area contributed by atoms with Crippen LogP contribution >= 0.6 is 0 Å². The molecule has 2 heterocycles. The Morgan fingerprint density at radius 3 is 2.58 bits per heavy atom. The number of nitrogens with zero attached hydrogens (tertiary/aromatic N) is 4. The first-order valence-electron chi connectivity index (χ1n) is 5.96. The van der Waals surface area contributed by atoms with E-state index in [1.165, 1.54) is 10.9 Å². The summed E-state index contributed by atoms with van der Waals surface area (Å²) in [7, 11) is 0. The molecule has 7 nitrogen and oxygen atoms in total. The van der Waals surface area contributed by atoms with Gasteiger partial charge in [-0.05, 0) is 26.8 Å². The summed E-state index contributed by atoms with van der Waals surface area (Å²) in [6.07, 6.45) is 1.46. The van der Waals surface area contributed by atoms with Crippen LogP contribution in [0.15, 0.2) is 12.3 Å². The topological polar surface area (TPSA) is 98.7 Å². The summed E-state index contributed by atoms with van der Waals surface area (Å²) in [5.41, 5.74) is 7.99. The summed E-state index contributed by atoms with van der Waals surface area (Å²) in [6, 6.07) is 1.83. The van der Waals surface area contributed by atoms with Gasteiger partial charge in [-0.1, -0.05) is 0 Å². The zero-order valence-corrected chi connectivity index (χ0v) is 11.1. The van der Waals surface area contributed by atoms with Crippen molar-refractivity contribution in [3.05, 3.63) is 29.3 Å². The molecule has 0 aromatic carbocycles. The molecule has 19 heavy (non-hydrogen) atoms. The summed E-state index contributed by atoms with van der Waals surface area (Å²) in [4.78, 5) is 20.5. The predicted molar refractivity (Wildman–Crippen MR) is 71.8 cm³/mol. The Labute approximate surface area is 110 Å². The van der Waals surface area contributed by atoms with Gasteiger partial charge < -0.3 is 5.73 Å². The molecule has 0 atom stereocenters. The van der Waals surface area contributed by atoms with Gasteiger partial charge in [-0.15, -0.1) is 0 Å². The van der Waals surface area contributed by atoms with E-state index in [0.717, 1.165) is 11.4 Å². The maximum atomic E-state index is 12.2. The Kier molecular flexibility index (Phi) is 3.46. The fourth-order valence-corrected chi connectivity index (χ4v) is 1.83. The first kappa shape index (κ1) is 13.0. The van der Waals surface area contributed by atoms with Crippen LogP contribution in [0.5, 0.6) is 0 Å². The van der Waals surface area contributed by atoms with Crippen molar-refractivity contribution < 1.29 is 4.79 Å². The van der Waals surface area contributed by atoms with Crippen molar-refractivity contribution in [1.29, 1.82) is 0 Å². The molecule has 100 valence electrons. The molecular weight excluding hydrogens is 244 g/mol. The standard InChI is InChI=1S/C12H16N6O/c1-4-18-10(9(13)6-14-18)11(19)17-12-15-7(2)5-8(3)16-12/h5-6H,4,13H2,1-3H3,(H,15,16,17,19). The number of aryl methyl sites for hydroxylation is 3. The fraction of sp³-hybridized carbons (Fsp3) is 0.333. The highest BCUT2D eigenvalue weighted by Crippen LogP contribution is 2.13. The summed E-state index contributed by atoms with van der Waals surface area (Å²) >= 11 is 0. The van der Waals surface area contributed by atoms with E-state index in [0.29, 0.717) is 17.9 Å². The highest BCUT2D eigenvalue weighted by atomic mass is 16.2. The van der Waals surface area contributed by atoms with Crippen molar-refractivity contribution in [3.8, 4) is 0 Å². The molecule has 7 heteroatoms. The second kappa shape index (κ2) is 5.05. The molecule has 0 aliphatic rings. The van der Waals surface area contributed by atoms with E-state index < -0.39 is 0 Å². The van der Waals surface area contributed by atoms with E-state index in [9.17, 15) is 4.79 Å². The Bertz CT molecular complexity index is 598. The summed E-state index contributed by atoms with van der Waals surface area (Å²) in [5, 5.41) is 6.66. The summed E-state index contributed by atoms with van der Waals surface area (Å²) < 4.78 is 1.54. The third kappa shape index (κ3) is 2.70. The van der Waals surface area contributed by atoms with Crippen LogP contribution in [-0.4, -0.2) is 25.7 Å². The van der Waals surface area contributed by atoms with E-state index in [-0.39, 0.29) is 11.9 Å². The number of aromatic nitrogens is 4. The van der Waals surface area contributed by atoms with Crippen molar-refractivity contribution in [2.75, 3.05) is 11.1 Å². The quantitative estimate of drug-likeness (QED) is 0.862. The zero-order valence-electron chi connectivity index (χ0n) is 11.1. The van der Waals surface area contributed by atoms with Crippen LogP contribution in [-0.2, 0) is 6.54 Å². The van der Waals surface area contributed by atoms with Crippen LogP contribution in [0.1, 0.15) is 28.8 Å². The Morgan fingerprint density at radius 2 is 2.00 bits per heavy atom. The maximum Gasteiger partial charge on any atom is 0.278 e. The number of nitrogen functional groups attached to an aromatic ring is 1. The number of carbonyl (C=O) groups is 1. The van der Waals surface area contributed by atoms with Gasteiger partial charge in [-0.25, -0.2) is 9.97 Å². The largest absolute Gasteiger partial charge is 0.396 e. The lowest BCUT2D eigenvalue weighted by molar-refractivity contribution is 0.101. The number of hydrogen-bond donors (Lipinski definition) is 2. The van der Waals surface area contributed by atoms with Crippen LogP contribution in [0.2, 0.25) is 0 Å². The van der Waals surface area contributed by atoms with Gasteiger partial charge in [-0.2, -0.15) is 5.10 Å². The van der Waals surface area contributed by atoms with Crippen molar-refractivity contribution in [2.24, 2.45) is 0 Å². The lowest BCUT2D eigenvalue weighted by Gasteiger charge is -2.07. The van der Waals surface area contributed by atoms with E-state index in [1.807, 2.05) is 26.8 Å². The van der Waals surface area contributed by atoms with E-state index in [2.05, 4.69) is 20.4 Å². The Hall–Kier alpha value is -2.44. The molecule has 3 N–H and O–H groups in total. The normalized spacial score (nSPS) is 10.5. The first-order chi connectivity index (χ1) is 9.01. The molecule has 0 saturated heterocycles. The van der Waals surface area contributed by atoms with Crippen LogP contribution in [0, 0.1) is 13.8 Å². The van der Waals surface area contributed by atoms with Crippen LogP contribution in [0.25, 0.3) is 0 Å². The molecule has 2 rings (SSSR count). The molecule has 1 amide bonds. The van der Waals surface area contributed by atoms with Gasteiger partial charge in [0, 0.05) is 17.9 Å². The van der Waals surface area contributed by atoms with Gasteiger partial charge in [0.05, 0.1) is 11.9 Å². The van der Waals surface area contributed by atoms with E-state index in [1.54, 1.807) is 0 Å². The minimum atomic E-state index is -0.359. The predicted octanol–water partition coefficient (Wildman–Crippen LogP) is 1.14. The van der Waals surface area contributed by atoms with Gasteiger partial charge in [-0.3, -0.25) is 14.8 Å².